The van der Waals surface area contributed by atoms with Crippen LogP contribution in [-0.4, -0.2) is 13.2 Å². The molecule has 0 saturated heterocycles. The number of benzene rings is 1. The van der Waals surface area contributed by atoms with Crippen LogP contribution in [0.5, 0.6) is 5.75 Å². The Kier molecular flexibility index (Phi) is 6.95. The van der Waals surface area contributed by atoms with Gasteiger partial charge in [0.15, 0.2) is 0 Å². The van der Waals surface area contributed by atoms with E-state index in [1.165, 1.54) is 0 Å². The Morgan fingerprint density at radius 2 is 2.29 bits per heavy atom. The predicted octanol–water partition coefficient (Wildman–Crippen LogP) is 2.48. The summed E-state index contributed by atoms with van der Waals surface area (Å²) < 4.78 is 17.5. The van der Waals surface area contributed by atoms with E-state index in [2.05, 4.69) is 6.07 Å². The molecule has 0 aliphatic rings. The summed E-state index contributed by atoms with van der Waals surface area (Å²) in [6.07, 6.45) is 0.455. The van der Waals surface area contributed by atoms with Crippen LogP contribution in [0, 0.1) is 18.3 Å². The Bertz CT molecular complexity index is 441. The normalized spacial score (nSPS) is 10.4. The molecule has 0 spiro atoms. The van der Waals surface area contributed by atoms with Gasteiger partial charge in [0, 0.05) is 12.1 Å². The average Bonchev–Trinajstić information content (AvgIpc) is 2.30. The molecule has 92 valence electrons. The van der Waals surface area contributed by atoms with E-state index < -0.39 is 0 Å². The minimum absolute atomic E-state index is 0. The summed E-state index contributed by atoms with van der Waals surface area (Å²) >= 11 is 0. The summed E-state index contributed by atoms with van der Waals surface area (Å²) in [6, 6.07) is 7.15. The van der Waals surface area contributed by atoms with Crippen molar-refractivity contribution >= 4 is 12.4 Å². The predicted molar refractivity (Wildman–Crippen MR) is 66.9 cm³/mol. The number of nitriles is 1. The summed E-state index contributed by atoms with van der Waals surface area (Å²) in [7, 11) is 0. The van der Waals surface area contributed by atoms with Crippen molar-refractivity contribution in [3.63, 3.8) is 0 Å². The molecule has 17 heavy (non-hydrogen) atoms. The quantitative estimate of drug-likeness (QED) is 0.900. The molecule has 0 heterocycles. The molecule has 2 N–H and O–H groups in total. The zero-order valence-corrected chi connectivity index (χ0v) is 10.3. The molecule has 0 aliphatic carbocycles. The lowest BCUT2D eigenvalue weighted by Crippen LogP contribution is -2.10. The fourth-order valence-corrected chi connectivity index (χ4v) is 1.16. The molecule has 1 aromatic carbocycles. The van der Waals surface area contributed by atoms with E-state index in [4.69, 9.17) is 15.7 Å². The number of hydrogen-bond donors (Lipinski definition) is 1. The van der Waals surface area contributed by atoms with Crippen molar-refractivity contribution in [2.45, 2.75) is 6.92 Å². The lowest BCUT2D eigenvalue weighted by molar-refractivity contribution is 0.347. The van der Waals surface area contributed by atoms with Gasteiger partial charge in [-0.1, -0.05) is 0 Å². The molecule has 1 rings (SSSR count). The maximum Gasteiger partial charge on any atom is 0.120 e. The average molecular weight is 257 g/mol. The minimum Gasteiger partial charge on any atom is -0.489 e. The maximum absolute atomic E-state index is 12.2. The van der Waals surface area contributed by atoms with Crippen LogP contribution >= 0.6 is 12.4 Å². The molecule has 0 aliphatic heterocycles. The molecule has 0 amide bonds. The smallest absolute Gasteiger partial charge is 0.120 e. The van der Waals surface area contributed by atoms with Crippen molar-refractivity contribution < 1.29 is 9.13 Å². The SMILES string of the molecule is Cc1cc(OCC(=CF)CN)ccc1C#N.Cl. The van der Waals surface area contributed by atoms with Gasteiger partial charge in [0.25, 0.3) is 0 Å². The van der Waals surface area contributed by atoms with Crippen LogP contribution in [-0.2, 0) is 0 Å². The van der Waals surface area contributed by atoms with Crippen molar-refractivity contribution in [3.05, 3.63) is 41.2 Å². The minimum atomic E-state index is 0. The van der Waals surface area contributed by atoms with Gasteiger partial charge in [-0.3, -0.25) is 0 Å². The number of aryl methyl sites for hydroxylation is 1. The number of rotatable bonds is 4. The Morgan fingerprint density at radius 1 is 1.59 bits per heavy atom. The van der Waals surface area contributed by atoms with Crippen LogP contribution in [0.25, 0.3) is 0 Å². The fraction of sp³-hybridized carbons (Fsp3) is 0.250. The molecule has 0 atom stereocenters. The van der Waals surface area contributed by atoms with Crippen LogP contribution < -0.4 is 10.5 Å². The Morgan fingerprint density at radius 3 is 2.76 bits per heavy atom. The Labute approximate surface area is 106 Å². The first-order valence-electron chi connectivity index (χ1n) is 4.83. The largest absolute Gasteiger partial charge is 0.489 e. The third-order valence-corrected chi connectivity index (χ3v) is 2.16. The second-order valence-electron chi connectivity index (χ2n) is 3.35. The van der Waals surface area contributed by atoms with Crippen LogP contribution in [0.1, 0.15) is 11.1 Å². The highest BCUT2D eigenvalue weighted by Gasteiger charge is 2.01. The van der Waals surface area contributed by atoms with Gasteiger partial charge in [-0.15, -0.1) is 12.4 Å². The molecule has 1 aromatic rings. The zero-order valence-electron chi connectivity index (χ0n) is 9.44. The highest BCUT2D eigenvalue weighted by molar-refractivity contribution is 5.85. The second kappa shape index (κ2) is 7.66. The summed E-state index contributed by atoms with van der Waals surface area (Å²) in [5, 5.41) is 8.74. The monoisotopic (exact) mass is 256 g/mol. The Hall–Kier alpha value is -1.57. The van der Waals surface area contributed by atoms with Gasteiger partial charge >= 0.3 is 0 Å². The van der Waals surface area contributed by atoms with Crippen molar-refractivity contribution in [1.82, 2.24) is 0 Å². The van der Waals surface area contributed by atoms with Crippen molar-refractivity contribution in [2.24, 2.45) is 5.73 Å². The molecule has 5 heteroatoms. The van der Waals surface area contributed by atoms with Crippen molar-refractivity contribution in [3.8, 4) is 11.8 Å². The van der Waals surface area contributed by atoms with Gasteiger partial charge in [0.1, 0.15) is 12.4 Å². The molecular weight excluding hydrogens is 243 g/mol. The summed E-state index contributed by atoms with van der Waals surface area (Å²) in [5.41, 5.74) is 7.12. The van der Waals surface area contributed by atoms with E-state index in [0.29, 0.717) is 23.2 Å². The van der Waals surface area contributed by atoms with Gasteiger partial charge in [0.2, 0.25) is 0 Å². The molecule has 0 saturated carbocycles. The fourth-order valence-electron chi connectivity index (χ4n) is 1.16. The molecule has 0 fully saturated rings. The number of ether oxygens (including phenoxy) is 1. The van der Waals surface area contributed by atoms with Gasteiger partial charge in [0.05, 0.1) is 18.0 Å². The highest BCUT2D eigenvalue weighted by atomic mass is 35.5. The van der Waals surface area contributed by atoms with Crippen LogP contribution in [0.4, 0.5) is 4.39 Å². The lowest BCUT2D eigenvalue weighted by atomic mass is 10.1. The molecular formula is C12H14ClFN2O. The first-order chi connectivity index (χ1) is 7.71. The summed E-state index contributed by atoms with van der Waals surface area (Å²) in [5.74, 6) is 0.601. The first kappa shape index (κ1) is 15.4. The molecule has 0 aromatic heterocycles. The van der Waals surface area contributed by atoms with Gasteiger partial charge in [-0.2, -0.15) is 5.26 Å². The van der Waals surface area contributed by atoms with Gasteiger partial charge in [-0.25, -0.2) is 4.39 Å². The molecule has 3 nitrogen and oxygen atoms in total. The van der Waals surface area contributed by atoms with Crippen molar-refractivity contribution in [1.29, 1.82) is 5.26 Å². The van der Waals surface area contributed by atoms with Gasteiger partial charge in [-0.05, 0) is 30.7 Å². The molecule has 0 unspecified atom stereocenters. The van der Waals surface area contributed by atoms with E-state index in [0.717, 1.165) is 5.56 Å². The number of halogens is 2. The van der Waals surface area contributed by atoms with E-state index in [1.54, 1.807) is 18.2 Å². The third kappa shape index (κ3) is 4.43. The van der Waals surface area contributed by atoms with Crippen LogP contribution in [0.2, 0.25) is 0 Å². The zero-order chi connectivity index (χ0) is 12.0. The molecule has 0 radical (unpaired) electrons. The maximum atomic E-state index is 12.2. The topological polar surface area (TPSA) is 59.0 Å². The Balaban J connectivity index is 0.00000256. The van der Waals surface area contributed by atoms with E-state index in [9.17, 15) is 4.39 Å². The third-order valence-electron chi connectivity index (χ3n) is 2.16. The highest BCUT2D eigenvalue weighted by Crippen LogP contribution is 2.17. The van der Waals surface area contributed by atoms with E-state index in [1.807, 2.05) is 6.92 Å². The first-order valence-corrected chi connectivity index (χ1v) is 4.83. The summed E-state index contributed by atoms with van der Waals surface area (Å²) in [6.45, 7) is 2.07. The van der Waals surface area contributed by atoms with Gasteiger partial charge < -0.3 is 10.5 Å². The number of hydrogen-bond acceptors (Lipinski definition) is 3. The lowest BCUT2D eigenvalue weighted by Gasteiger charge is -2.08. The summed E-state index contributed by atoms with van der Waals surface area (Å²) in [4.78, 5) is 0. The van der Waals surface area contributed by atoms with Crippen LogP contribution in [0.15, 0.2) is 30.1 Å². The molecule has 0 bridgehead atoms. The standard InChI is InChI=1S/C12H13FN2O.ClH/c1-9-4-12(3-2-11(9)7-15)16-8-10(5-13)6-14;/h2-5H,6,8,14H2,1H3;1H. The number of nitrogens with zero attached hydrogens (tertiary/aromatic N) is 1. The van der Waals surface area contributed by atoms with E-state index in [-0.39, 0.29) is 25.6 Å². The van der Waals surface area contributed by atoms with E-state index >= 15 is 0 Å². The van der Waals surface area contributed by atoms with Crippen LogP contribution in [0.3, 0.4) is 0 Å². The number of nitrogens with two attached hydrogens (primary N) is 1. The van der Waals surface area contributed by atoms with Crippen molar-refractivity contribution in [2.75, 3.05) is 13.2 Å². The second-order valence-corrected chi connectivity index (χ2v) is 3.35.